The maximum atomic E-state index is 15.2. The number of carbonyl (C=O) groups is 2. The van der Waals surface area contributed by atoms with Crippen LogP contribution in [0.4, 0.5) is 32.2 Å². The van der Waals surface area contributed by atoms with Crippen molar-refractivity contribution in [3.8, 4) is 23.0 Å². The third kappa shape index (κ3) is 8.76. The van der Waals surface area contributed by atoms with E-state index in [2.05, 4.69) is 32.7 Å². The number of carbonyl (C=O) groups excluding carboxylic acids is 1. The summed E-state index contributed by atoms with van der Waals surface area (Å²) >= 11 is 6.61. The first-order valence-electron chi connectivity index (χ1n) is 17.0. The number of benzene rings is 2. The van der Waals surface area contributed by atoms with E-state index in [1.165, 1.54) is 20.8 Å². The first-order chi connectivity index (χ1) is 26.3. The van der Waals surface area contributed by atoms with Crippen molar-refractivity contribution < 1.29 is 46.1 Å². The van der Waals surface area contributed by atoms with Gasteiger partial charge in [0.25, 0.3) is 18.8 Å². The van der Waals surface area contributed by atoms with Crippen LogP contribution in [0.5, 0.6) is 0 Å². The molecular formula is C38H36ClF6N7O4. The zero-order chi connectivity index (χ0) is 41.3. The van der Waals surface area contributed by atoms with Crippen LogP contribution in [0.3, 0.4) is 0 Å². The van der Waals surface area contributed by atoms with Crippen LogP contribution in [0.15, 0.2) is 42.5 Å². The molecule has 3 heterocycles. The van der Waals surface area contributed by atoms with Crippen LogP contribution in [0.25, 0.3) is 22.0 Å². The van der Waals surface area contributed by atoms with Gasteiger partial charge in [0.15, 0.2) is 5.82 Å². The summed E-state index contributed by atoms with van der Waals surface area (Å²) < 4.78 is 89.4. The lowest BCUT2D eigenvalue weighted by Crippen LogP contribution is -2.35. The number of aryl methyl sites for hydroxylation is 1. The molecule has 1 aliphatic carbocycles. The SMILES string of the molecule is CNc1nn(C)c2c(-c3ccc(C#CC(C)(C)O)nc3[C@H](Cc3cc(F)cc(F)c3)NC(=O)Cn3nc(C(F)F)c4c3C(F)(F)C[C@@H]4C)ccc(Cl)c12.O=CO. The number of rotatable bonds is 9. The van der Waals surface area contributed by atoms with Crippen molar-refractivity contribution in [3.63, 3.8) is 0 Å². The lowest BCUT2D eigenvalue weighted by molar-refractivity contribution is -0.123. The van der Waals surface area contributed by atoms with Crippen LogP contribution in [-0.2, 0) is 35.5 Å². The van der Waals surface area contributed by atoms with Crippen LogP contribution in [0.2, 0.25) is 5.02 Å². The predicted molar refractivity (Wildman–Crippen MR) is 195 cm³/mol. The van der Waals surface area contributed by atoms with Gasteiger partial charge in [0.1, 0.15) is 40.9 Å². The molecule has 0 unspecified atom stereocenters. The molecule has 1 aliphatic rings. The van der Waals surface area contributed by atoms with Crippen molar-refractivity contribution in [2.24, 2.45) is 7.05 Å². The number of nitrogens with zero attached hydrogens (tertiary/aromatic N) is 5. The minimum atomic E-state index is -3.52. The number of hydrogen-bond donors (Lipinski definition) is 4. The molecule has 0 aliphatic heterocycles. The fraction of sp³-hybridized carbons (Fsp3) is 0.342. The van der Waals surface area contributed by atoms with Crippen molar-refractivity contribution in [2.75, 3.05) is 12.4 Å². The minimum Gasteiger partial charge on any atom is -0.483 e. The standard InChI is InChI=1S/C37H34ClF6N7O2.CH2O2/c1-18-16-37(43,44)33-28(18)31(34(41)42)48-51(33)17-27(52)47-26(14-19-12-20(39)15-21(40)13-19)30-23(7-6-22(46-30)10-11-36(2,3)53)24-8-9-25(38)29-32(24)50(5)49-35(29)45-4;2-1-3/h6-9,12-13,15,18,26,34,53H,14,16-17H2,1-5H3,(H,45,49)(H,47,52);1H,(H,2,3)/t18-,26-;/m0./s1. The Kier molecular flexibility index (Phi) is 12.1. The molecule has 2 atom stereocenters. The van der Waals surface area contributed by atoms with E-state index in [0.29, 0.717) is 43.6 Å². The van der Waals surface area contributed by atoms with Crippen LogP contribution < -0.4 is 10.6 Å². The van der Waals surface area contributed by atoms with Crippen LogP contribution in [0.1, 0.15) is 79.5 Å². The number of hydrogen-bond acceptors (Lipinski definition) is 7. The summed E-state index contributed by atoms with van der Waals surface area (Å²) in [5, 5.41) is 32.1. The Morgan fingerprint density at radius 3 is 2.36 bits per heavy atom. The Balaban J connectivity index is 0.00000194. The third-order valence-corrected chi connectivity index (χ3v) is 9.15. The lowest BCUT2D eigenvalue weighted by Gasteiger charge is -2.23. The first kappa shape index (κ1) is 41.6. The van der Waals surface area contributed by atoms with E-state index in [4.69, 9.17) is 26.5 Å². The highest BCUT2D eigenvalue weighted by Gasteiger charge is 2.50. The molecule has 3 aromatic heterocycles. The third-order valence-electron chi connectivity index (χ3n) is 8.83. The topological polar surface area (TPSA) is 147 Å². The van der Waals surface area contributed by atoms with Gasteiger partial charge in [0.05, 0.1) is 27.7 Å². The molecule has 0 spiro atoms. The van der Waals surface area contributed by atoms with Gasteiger partial charge in [-0.05, 0) is 68.0 Å². The van der Waals surface area contributed by atoms with Gasteiger partial charge in [-0.2, -0.15) is 19.0 Å². The number of alkyl halides is 4. The summed E-state index contributed by atoms with van der Waals surface area (Å²) in [5.74, 6) is -1.21. The fourth-order valence-electron chi connectivity index (χ4n) is 6.81. The maximum Gasteiger partial charge on any atom is 0.290 e. The molecule has 0 saturated carbocycles. The Morgan fingerprint density at radius 1 is 1.11 bits per heavy atom. The molecule has 1 amide bonds. The highest BCUT2D eigenvalue weighted by molar-refractivity contribution is 6.37. The first-order valence-corrected chi connectivity index (χ1v) is 17.3. The second-order valence-electron chi connectivity index (χ2n) is 13.6. The van der Waals surface area contributed by atoms with Gasteiger partial charge in [-0.25, -0.2) is 22.5 Å². The van der Waals surface area contributed by atoms with Gasteiger partial charge >= 0.3 is 0 Å². The minimum absolute atomic E-state index is 0.105. The molecule has 0 saturated heterocycles. The number of aliphatic hydroxyl groups is 1. The van der Waals surface area contributed by atoms with E-state index >= 15 is 8.78 Å². The molecule has 0 bridgehead atoms. The quantitative estimate of drug-likeness (QED) is 0.0692. The van der Waals surface area contributed by atoms with Gasteiger partial charge in [0, 0.05) is 43.3 Å². The Morgan fingerprint density at radius 2 is 1.75 bits per heavy atom. The van der Waals surface area contributed by atoms with Gasteiger partial charge in [-0.3, -0.25) is 19.0 Å². The highest BCUT2D eigenvalue weighted by atomic mass is 35.5. The summed E-state index contributed by atoms with van der Waals surface area (Å²) in [7, 11) is 3.37. The maximum absolute atomic E-state index is 15.2. The molecule has 0 radical (unpaired) electrons. The van der Waals surface area contributed by atoms with Crippen molar-refractivity contribution in [3.05, 3.63) is 93.0 Å². The molecule has 296 valence electrons. The Labute approximate surface area is 321 Å². The van der Waals surface area contributed by atoms with Gasteiger partial charge in [0.2, 0.25) is 5.91 Å². The summed E-state index contributed by atoms with van der Waals surface area (Å²) in [5.41, 5.74) is -1.38. The monoisotopic (exact) mass is 803 g/mol. The number of fused-ring (bicyclic) bond motifs is 2. The number of anilines is 1. The summed E-state index contributed by atoms with van der Waals surface area (Å²) in [6.07, 6.45) is -4.15. The number of nitrogens with one attached hydrogen (secondary N) is 2. The molecule has 5 aromatic rings. The van der Waals surface area contributed by atoms with Gasteiger partial charge in [-0.1, -0.05) is 30.5 Å². The average molecular weight is 804 g/mol. The van der Waals surface area contributed by atoms with Crippen molar-refractivity contribution >= 4 is 40.7 Å². The normalized spacial score (nSPS) is 15.1. The van der Waals surface area contributed by atoms with E-state index in [0.717, 1.165) is 12.1 Å². The zero-order valence-corrected chi connectivity index (χ0v) is 31.3. The Hall–Kier alpha value is -5.60. The highest BCUT2D eigenvalue weighted by Crippen LogP contribution is 2.51. The molecule has 56 heavy (non-hydrogen) atoms. The van der Waals surface area contributed by atoms with Crippen LogP contribution >= 0.6 is 11.6 Å². The number of pyridine rings is 1. The molecule has 2 aromatic carbocycles. The van der Waals surface area contributed by atoms with E-state index < -0.39 is 71.8 Å². The van der Waals surface area contributed by atoms with E-state index in [9.17, 15) is 27.5 Å². The predicted octanol–water partition coefficient (Wildman–Crippen LogP) is 7.27. The van der Waals surface area contributed by atoms with E-state index in [1.807, 2.05) is 0 Å². The van der Waals surface area contributed by atoms with Gasteiger partial charge < -0.3 is 20.8 Å². The number of amides is 1. The molecular weight excluding hydrogens is 768 g/mol. The van der Waals surface area contributed by atoms with Crippen molar-refractivity contribution in [1.29, 1.82) is 0 Å². The second-order valence-corrected chi connectivity index (χ2v) is 14.0. The zero-order valence-electron chi connectivity index (χ0n) is 30.6. The summed E-state index contributed by atoms with van der Waals surface area (Å²) in [6.45, 7) is 3.21. The lowest BCUT2D eigenvalue weighted by atomic mass is 9.93. The van der Waals surface area contributed by atoms with E-state index in [1.54, 1.807) is 43.0 Å². The van der Waals surface area contributed by atoms with Gasteiger partial charge in [-0.15, -0.1) is 0 Å². The molecule has 11 nitrogen and oxygen atoms in total. The number of halogens is 7. The summed E-state index contributed by atoms with van der Waals surface area (Å²) in [6, 6.07) is 8.18. The van der Waals surface area contributed by atoms with E-state index in [-0.39, 0.29) is 35.4 Å². The molecule has 18 heteroatoms. The largest absolute Gasteiger partial charge is 0.483 e. The fourth-order valence-corrected chi connectivity index (χ4v) is 7.05. The van der Waals surface area contributed by atoms with Crippen molar-refractivity contribution in [2.45, 2.75) is 70.1 Å². The second kappa shape index (κ2) is 16.2. The Bertz CT molecular complexity index is 2340. The smallest absolute Gasteiger partial charge is 0.290 e. The van der Waals surface area contributed by atoms with Crippen molar-refractivity contribution in [1.82, 2.24) is 29.9 Å². The molecule has 4 N–H and O–H groups in total. The number of aromatic nitrogens is 5. The molecule has 0 fully saturated rings. The summed E-state index contributed by atoms with van der Waals surface area (Å²) in [4.78, 5) is 27.0. The van der Waals surface area contributed by atoms with Crippen LogP contribution in [0, 0.1) is 23.5 Å². The molecule has 6 rings (SSSR count). The average Bonchev–Trinajstić information content (AvgIpc) is 3.73. The number of carboxylic acid groups (broad SMARTS) is 1. The van der Waals surface area contributed by atoms with Crippen LogP contribution in [-0.4, -0.2) is 59.8 Å².